The fourth-order valence-electron chi connectivity index (χ4n) is 3.24. The molecule has 0 fully saturated rings. The van der Waals surface area contributed by atoms with Crippen LogP contribution in [-0.2, 0) is 0 Å². The summed E-state index contributed by atoms with van der Waals surface area (Å²) in [6.45, 7) is 0.658. The maximum atomic E-state index is 12.8. The second kappa shape index (κ2) is 11.3. The first kappa shape index (κ1) is 22.6. The van der Waals surface area contributed by atoms with Crippen LogP contribution in [0, 0.1) is 0 Å². The number of anilines is 2. The van der Waals surface area contributed by atoms with Gasteiger partial charge < -0.3 is 20.1 Å². The molecule has 0 spiro atoms. The maximum absolute atomic E-state index is 12.8. The van der Waals surface area contributed by atoms with Crippen molar-refractivity contribution >= 4 is 23.2 Å². The summed E-state index contributed by atoms with van der Waals surface area (Å²) in [7, 11) is 0. The first-order valence-corrected chi connectivity index (χ1v) is 10.9. The van der Waals surface area contributed by atoms with Gasteiger partial charge in [-0.05, 0) is 60.7 Å². The zero-order valence-corrected chi connectivity index (χ0v) is 18.4. The van der Waals surface area contributed by atoms with Gasteiger partial charge >= 0.3 is 0 Å². The highest BCUT2D eigenvalue weighted by Crippen LogP contribution is 2.21. The lowest BCUT2D eigenvalue weighted by molar-refractivity contribution is 0.101. The maximum Gasteiger partial charge on any atom is 0.259 e. The van der Waals surface area contributed by atoms with E-state index in [1.807, 2.05) is 54.6 Å². The molecule has 0 aliphatic heterocycles. The molecular weight excluding hydrogens is 428 g/mol. The summed E-state index contributed by atoms with van der Waals surface area (Å²) in [4.78, 5) is 25.1. The van der Waals surface area contributed by atoms with Crippen molar-refractivity contribution in [2.75, 3.05) is 23.8 Å². The van der Waals surface area contributed by atoms with Gasteiger partial charge in [0.1, 0.15) is 24.7 Å². The third kappa shape index (κ3) is 6.23. The van der Waals surface area contributed by atoms with Crippen LogP contribution in [0.4, 0.5) is 11.4 Å². The van der Waals surface area contributed by atoms with Gasteiger partial charge in [-0.15, -0.1) is 0 Å². The van der Waals surface area contributed by atoms with Gasteiger partial charge in [0.25, 0.3) is 11.8 Å². The Morgan fingerprint density at radius 3 is 1.76 bits per heavy atom. The molecule has 0 radical (unpaired) electrons. The number of hydrogen-bond acceptors (Lipinski definition) is 4. The molecule has 6 heteroatoms. The van der Waals surface area contributed by atoms with Crippen LogP contribution < -0.4 is 20.1 Å². The van der Waals surface area contributed by atoms with Gasteiger partial charge in [-0.2, -0.15) is 0 Å². The summed E-state index contributed by atoms with van der Waals surface area (Å²) >= 11 is 0. The zero-order valence-electron chi connectivity index (χ0n) is 18.4. The van der Waals surface area contributed by atoms with E-state index in [1.54, 1.807) is 54.6 Å². The van der Waals surface area contributed by atoms with Gasteiger partial charge in [0.05, 0.1) is 5.56 Å². The number of amides is 2. The minimum atomic E-state index is -0.291. The van der Waals surface area contributed by atoms with Crippen LogP contribution in [0.1, 0.15) is 20.7 Å². The first-order valence-electron chi connectivity index (χ1n) is 10.9. The second-order valence-electron chi connectivity index (χ2n) is 7.36. The van der Waals surface area contributed by atoms with Crippen molar-refractivity contribution in [2.24, 2.45) is 0 Å². The molecule has 0 unspecified atom stereocenters. The molecule has 2 amide bonds. The second-order valence-corrected chi connectivity index (χ2v) is 7.36. The fraction of sp³-hybridized carbons (Fsp3) is 0.0714. The lowest BCUT2D eigenvalue weighted by Gasteiger charge is -2.13. The molecule has 4 rings (SSSR count). The lowest BCUT2D eigenvalue weighted by Crippen LogP contribution is -2.16. The van der Waals surface area contributed by atoms with Crippen LogP contribution in [0.25, 0.3) is 0 Å². The van der Waals surface area contributed by atoms with E-state index < -0.39 is 0 Å². The van der Waals surface area contributed by atoms with Crippen LogP contribution in [-0.4, -0.2) is 25.0 Å². The normalized spacial score (nSPS) is 10.2. The van der Waals surface area contributed by atoms with Crippen molar-refractivity contribution < 1.29 is 19.1 Å². The van der Waals surface area contributed by atoms with Crippen LogP contribution in [0.2, 0.25) is 0 Å². The number of ether oxygens (including phenoxy) is 2. The Morgan fingerprint density at radius 2 is 1.09 bits per heavy atom. The Kier molecular flexibility index (Phi) is 7.54. The highest BCUT2D eigenvalue weighted by molar-refractivity contribution is 6.07. The Hall–Kier alpha value is -4.58. The summed E-state index contributed by atoms with van der Waals surface area (Å²) in [6, 6.07) is 32.4. The molecule has 6 nitrogen and oxygen atoms in total. The number of hydrogen-bond donors (Lipinski definition) is 2. The van der Waals surface area contributed by atoms with Gasteiger partial charge in [0.2, 0.25) is 0 Å². The molecule has 0 aliphatic carbocycles. The number of rotatable bonds is 9. The molecule has 0 aromatic heterocycles. The smallest absolute Gasteiger partial charge is 0.259 e. The summed E-state index contributed by atoms with van der Waals surface area (Å²) in [5.74, 6) is 0.754. The number of benzene rings is 4. The third-order valence-electron chi connectivity index (χ3n) is 4.92. The van der Waals surface area contributed by atoms with E-state index in [-0.39, 0.29) is 11.8 Å². The molecular formula is C28H24N2O4. The van der Waals surface area contributed by atoms with Gasteiger partial charge in [-0.1, -0.05) is 48.5 Å². The van der Waals surface area contributed by atoms with E-state index in [2.05, 4.69) is 10.6 Å². The van der Waals surface area contributed by atoms with Crippen molar-refractivity contribution in [3.8, 4) is 11.5 Å². The lowest BCUT2D eigenvalue weighted by atomic mass is 10.1. The average Bonchev–Trinajstić information content (AvgIpc) is 2.89. The van der Waals surface area contributed by atoms with Crippen LogP contribution in [0.15, 0.2) is 109 Å². The Morgan fingerprint density at radius 1 is 0.559 bits per heavy atom. The fourth-order valence-corrected chi connectivity index (χ4v) is 3.24. The summed E-state index contributed by atoms with van der Waals surface area (Å²) in [6.07, 6.45) is 0. The van der Waals surface area contributed by atoms with E-state index in [0.717, 1.165) is 5.75 Å². The molecule has 0 aliphatic rings. The summed E-state index contributed by atoms with van der Waals surface area (Å²) in [5.41, 5.74) is 2.23. The largest absolute Gasteiger partial charge is 0.490 e. The summed E-state index contributed by atoms with van der Waals surface area (Å²) < 4.78 is 11.4. The minimum Gasteiger partial charge on any atom is -0.490 e. The molecule has 0 heterocycles. The van der Waals surface area contributed by atoms with Crippen LogP contribution in [0.5, 0.6) is 11.5 Å². The first-order chi connectivity index (χ1) is 16.7. The molecule has 4 aromatic carbocycles. The standard InChI is InChI=1S/C28H24N2O4/c31-27(21-9-3-1-4-10-21)29-22-15-17-23(18-16-22)30-28(32)25-13-7-8-14-26(25)34-20-19-33-24-11-5-2-6-12-24/h1-18H,19-20H2,(H,29,31)(H,30,32). The quantitative estimate of drug-likeness (QED) is 0.322. The predicted octanol–water partition coefficient (Wildman–Crippen LogP) is 5.65. The van der Waals surface area contributed by atoms with Crippen molar-refractivity contribution in [3.05, 3.63) is 120 Å². The van der Waals surface area contributed by atoms with E-state index in [9.17, 15) is 9.59 Å². The Labute approximate surface area is 198 Å². The minimum absolute atomic E-state index is 0.195. The zero-order chi connectivity index (χ0) is 23.6. The number of carbonyl (C=O) groups is 2. The summed E-state index contributed by atoms with van der Waals surface area (Å²) in [5, 5.41) is 5.70. The van der Waals surface area contributed by atoms with Gasteiger partial charge in [0.15, 0.2) is 0 Å². The van der Waals surface area contributed by atoms with Crippen LogP contribution >= 0.6 is 0 Å². The molecule has 0 atom stereocenters. The average molecular weight is 453 g/mol. The van der Waals surface area contributed by atoms with E-state index in [4.69, 9.17) is 9.47 Å². The number of para-hydroxylation sites is 2. The molecule has 34 heavy (non-hydrogen) atoms. The molecule has 0 saturated carbocycles. The van der Waals surface area contributed by atoms with E-state index in [0.29, 0.717) is 41.5 Å². The van der Waals surface area contributed by atoms with E-state index in [1.165, 1.54) is 0 Å². The predicted molar refractivity (Wildman–Crippen MR) is 133 cm³/mol. The number of nitrogens with one attached hydrogen (secondary N) is 2. The molecule has 0 saturated heterocycles. The topological polar surface area (TPSA) is 76.7 Å². The third-order valence-corrected chi connectivity index (χ3v) is 4.92. The van der Waals surface area contributed by atoms with Crippen molar-refractivity contribution in [1.82, 2.24) is 0 Å². The van der Waals surface area contributed by atoms with Crippen LogP contribution in [0.3, 0.4) is 0 Å². The van der Waals surface area contributed by atoms with Gasteiger partial charge in [0, 0.05) is 16.9 Å². The highest BCUT2D eigenvalue weighted by atomic mass is 16.5. The van der Waals surface area contributed by atoms with Gasteiger partial charge in [-0.25, -0.2) is 0 Å². The Bertz CT molecular complexity index is 1230. The SMILES string of the molecule is O=C(Nc1ccc(NC(=O)c2ccccc2OCCOc2ccccc2)cc1)c1ccccc1. The molecule has 2 N–H and O–H groups in total. The van der Waals surface area contributed by atoms with Crippen molar-refractivity contribution in [1.29, 1.82) is 0 Å². The van der Waals surface area contributed by atoms with Crippen molar-refractivity contribution in [2.45, 2.75) is 0 Å². The monoisotopic (exact) mass is 452 g/mol. The molecule has 4 aromatic rings. The van der Waals surface area contributed by atoms with Crippen molar-refractivity contribution in [3.63, 3.8) is 0 Å². The van der Waals surface area contributed by atoms with Gasteiger partial charge in [-0.3, -0.25) is 9.59 Å². The number of carbonyl (C=O) groups excluding carboxylic acids is 2. The highest BCUT2D eigenvalue weighted by Gasteiger charge is 2.13. The van der Waals surface area contributed by atoms with E-state index >= 15 is 0 Å². The molecule has 0 bridgehead atoms. The molecule has 170 valence electrons. The Balaban J connectivity index is 1.32.